The molecule has 0 aromatic heterocycles. The standard InChI is InChI=1S/C27H22F3NO5/c1-15-7-12-21(36-3)20(13-15)24(32)22-23(16-8-10-19(35-2)11-9-16)31(26(34)25(22)33)18-6-4-5-17(14-18)27(28,29)30/h4-14,23,32H,1-3H3/b24-22+. The number of halogens is 3. The molecule has 0 aliphatic carbocycles. The fourth-order valence-electron chi connectivity index (χ4n) is 4.18. The van der Waals surface area contributed by atoms with Crippen molar-refractivity contribution in [3.05, 3.63) is 94.6 Å². The first-order valence-corrected chi connectivity index (χ1v) is 10.8. The van der Waals surface area contributed by atoms with Crippen molar-refractivity contribution in [2.75, 3.05) is 19.1 Å². The maximum absolute atomic E-state index is 13.4. The molecule has 0 radical (unpaired) electrons. The molecular formula is C27H22F3NO5. The van der Waals surface area contributed by atoms with Crippen LogP contribution in [0.2, 0.25) is 0 Å². The van der Waals surface area contributed by atoms with Crippen LogP contribution < -0.4 is 14.4 Å². The third-order valence-corrected chi connectivity index (χ3v) is 5.94. The number of aliphatic hydroxyl groups is 1. The second-order valence-electron chi connectivity index (χ2n) is 8.19. The average Bonchev–Trinajstić information content (AvgIpc) is 3.13. The highest BCUT2D eigenvalue weighted by Gasteiger charge is 2.47. The number of anilines is 1. The van der Waals surface area contributed by atoms with Gasteiger partial charge < -0.3 is 14.6 Å². The highest BCUT2D eigenvalue weighted by molar-refractivity contribution is 6.51. The summed E-state index contributed by atoms with van der Waals surface area (Å²) in [6.07, 6.45) is -4.66. The lowest BCUT2D eigenvalue weighted by Crippen LogP contribution is -2.29. The van der Waals surface area contributed by atoms with Crippen LogP contribution in [-0.2, 0) is 15.8 Å². The Morgan fingerprint density at radius 3 is 2.25 bits per heavy atom. The molecule has 1 saturated heterocycles. The first-order valence-electron chi connectivity index (χ1n) is 10.8. The maximum Gasteiger partial charge on any atom is 0.416 e. The number of ketones is 1. The zero-order chi connectivity index (χ0) is 26.2. The van der Waals surface area contributed by atoms with Gasteiger partial charge >= 0.3 is 6.18 Å². The molecule has 0 saturated carbocycles. The van der Waals surface area contributed by atoms with Gasteiger partial charge in [0.15, 0.2) is 0 Å². The topological polar surface area (TPSA) is 76.1 Å². The minimum atomic E-state index is -4.66. The highest BCUT2D eigenvalue weighted by Crippen LogP contribution is 2.44. The molecule has 0 bridgehead atoms. The molecule has 0 spiro atoms. The van der Waals surface area contributed by atoms with Gasteiger partial charge in [-0.05, 0) is 55.0 Å². The number of alkyl halides is 3. The molecule has 186 valence electrons. The number of Topliss-reactive ketones (excluding diaryl/α,β-unsaturated/α-hetero) is 1. The van der Waals surface area contributed by atoms with Crippen LogP contribution >= 0.6 is 0 Å². The van der Waals surface area contributed by atoms with E-state index >= 15 is 0 Å². The molecule has 6 nitrogen and oxygen atoms in total. The molecule has 1 fully saturated rings. The number of carbonyl (C=O) groups is 2. The smallest absolute Gasteiger partial charge is 0.416 e. The predicted octanol–water partition coefficient (Wildman–Crippen LogP) is 5.66. The Hall–Kier alpha value is -4.27. The summed E-state index contributed by atoms with van der Waals surface area (Å²) in [6.45, 7) is 1.78. The molecule has 1 aliphatic rings. The van der Waals surface area contributed by atoms with E-state index in [2.05, 4.69) is 0 Å². The van der Waals surface area contributed by atoms with Gasteiger partial charge in [0.25, 0.3) is 11.7 Å². The van der Waals surface area contributed by atoms with Crippen molar-refractivity contribution in [1.82, 2.24) is 0 Å². The second-order valence-corrected chi connectivity index (χ2v) is 8.19. The number of hydrogen-bond donors (Lipinski definition) is 1. The van der Waals surface area contributed by atoms with Gasteiger partial charge in [0.2, 0.25) is 0 Å². The first kappa shape index (κ1) is 24.8. The SMILES string of the molecule is COc1ccc(C2/C(=C(\O)c3cc(C)ccc3OC)C(=O)C(=O)N2c2cccc(C(F)(F)F)c2)cc1. The quantitative estimate of drug-likeness (QED) is 0.280. The largest absolute Gasteiger partial charge is 0.507 e. The number of aliphatic hydroxyl groups excluding tert-OH is 1. The number of aryl methyl sites for hydroxylation is 1. The Morgan fingerprint density at radius 2 is 1.64 bits per heavy atom. The number of hydrogen-bond acceptors (Lipinski definition) is 5. The van der Waals surface area contributed by atoms with Crippen LogP contribution in [0.1, 0.15) is 28.3 Å². The normalized spacial score (nSPS) is 17.4. The Balaban J connectivity index is 1.98. The lowest BCUT2D eigenvalue weighted by atomic mass is 9.94. The van der Waals surface area contributed by atoms with Gasteiger partial charge in [-0.1, -0.05) is 29.8 Å². The van der Waals surface area contributed by atoms with Crippen LogP contribution in [0.5, 0.6) is 11.5 Å². The number of carbonyl (C=O) groups excluding carboxylic acids is 2. The molecule has 1 N–H and O–H groups in total. The summed E-state index contributed by atoms with van der Waals surface area (Å²) in [7, 11) is 2.86. The monoisotopic (exact) mass is 497 g/mol. The zero-order valence-electron chi connectivity index (χ0n) is 19.6. The van der Waals surface area contributed by atoms with Crippen LogP contribution in [0.4, 0.5) is 18.9 Å². The number of amides is 1. The van der Waals surface area contributed by atoms with E-state index in [0.29, 0.717) is 11.3 Å². The molecule has 3 aromatic rings. The van der Waals surface area contributed by atoms with Crippen LogP contribution in [0.25, 0.3) is 5.76 Å². The fraction of sp³-hybridized carbons (Fsp3) is 0.185. The predicted molar refractivity (Wildman–Crippen MR) is 127 cm³/mol. The lowest BCUT2D eigenvalue weighted by Gasteiger charge is -2.26. The highest BCUT2D eigenvalue weighted by atomic mass is 19.4. The van der Waals surface area contributed by atoms with Gasteiger partial charge in [0, 0.05) is 5.69 Å². The Morgan fingerprint density at radius 1 is 0.944 bits per heavy atom. The van der Waals surface area contributed by atoms with Crippen molar-refractivity contribution < 1.29 is 37.3 Å². The molecule has 36 heavy (non-hydrogen) atoms. The third-order valence-electron chi connectivity index (χ3n) is 5.94. The maximum atomic E-state index is 13.4. The van der Waals surface area contributed by atoms with E-state index in [-0.39, 0.29) is 22.6 Å². The molecule has 1 atom stereocenters. The summed E-state index contributed by atoms with van der Waals surface area (Å²) in [5, 5.41) is 11.3. The van der Waals surface area contributed by atoms with Crippen LogP contribution in [0, 0.1) is 6.92 Å². The zero-order valence-corrected chi connectivity index (χ0v) is 19.6. The summed E-state index contributed by atoms with van der Waals surface area (Å²) in [5.41, 5.74) is -0.0608. The van der Waals surface area contributed by atoms with E-state index in [9.17, 15) is 27.9 Å². The molecular weight excluding hydrogens is 475 g/mol. The lowest BCUT2D eigenvalue weighted by molar-refractivity contribution is -0.137. The number of methoxy groups -OCH3 is 2. The molecule has 9 heteroatoms. The fourth-order valence-corrected chi connectivity index (χ4v) is 4.18. The van der Waals surface area contributed by atoms with Crippen molar-refractivity contribution in [3.63, 3.8) is 0 Å². The average molecular weight is 497 g/mol. The number of benzene rings is 3. The van der Waals surface area contributed by atoms with E-state index in [0.717, 1.165) is 28.7 Å². The van der Waals surface area contributed by atoms with E-state index in [4.69, 9.17) is 9.47 Å². The van der Waals surface area contributed by atoms with Gasteiger partial charge in [-0.3, -0.25) is 14.5 Å². The summed E-state index contributed by atoms with van der Waals surface area (Å²) < 4.78 is 50.8. The van der Waals surface area contributed by atoms with Crippen LogP contribution in [-0.4, -0.2) is 31.0 Å². The minimum absolute atomic E-state index is 0.136. The van der Waals surface area contributed by atoms with E-state index in [1.807, 2.05) is 0 Å². The van der Waals surface area contributed by atoms with Crippen molar-refractivity contribution in [1.29, 1.82) is 0 Å². The first-order chi connectivity index (χ1) is 17.1. The van der Waals surface area contributed by atoms with Gasteiger partial charge in [-0.2, -0.15) is 13.2 Å². The molecule has 1 heterocycles. The van der Waals surface area contributed by atoms with Crippen molar-refractivity contribution >= 4 is 23.1 Å². The molecule has 4 rings (SSSR count). The Kier molecular flexibility index (Phi) is 6.49. The van der Waals surface area contributed by atoms with Gasteiger partial charge in [0.05, 0.1) is 37.0 Å². The summed E-state index contributed by atoms with van der Waals surface area (Å²) >= 11 is 0. The van der Waals surface area contributed by atoms with Crippen molar-refractivity contribution in [2.24, 2.45) is 0 Å². The van der Waals surface area contributed by atoms with E-state index in [1.54, 1.807) is 49.4 Å². The number of rotatable bonds is 5. The molecule has 1 unspecified atom stereocenters. The van der Waals surface area contributed by atoms with Crippen molar-refractivity contribution in [2.45, 2.75) is 19.1 Å². The molecule has 1 amide bonds. The van der Waals surface area contributed by atoms with Crippen LogP contribution in [0.3, 0.4) is 0 Å². The summed E-state index contributed by atoms with van der Waals surface area (Å²) in [6, 6.07) is 14.2. The third kappa shape index (κ3) is 4.39. The van der Waals surface area contributed by atoms with E-state index < -0.39 is 35.2 Å². The summed E-state index contributed by atoms with van der Waals surface area (Å²) in [4.78, 5) is 27.5. The minimum Gasteiger partial charge on any atom is -0.507 e. The van der Waals surface area contributed by atoms with Gasteiger partial charge in [0.1, 0.15) is 17.3 Å². The van der Waals surface area contributed by atoms with Gasteiger partial charge in [-0.25, -0.2) is 0 Å². The van der Waals surface area contributed by atoms with Gasteiger partial charge in [-0.15, -0.1) is 0 Å². The Labute approximate surface area is 205 Å². The number of ether oxygens (including phenoxy) is 2. The molecule has 1 aliphatic heterocycles. The molecule has 3 aromatic carbocycles. The van der Waals surface area contributed by atoms with Crippen LogP contribution in [0.15, 0.2) is 72.3 Å². The summed E-state index contributed by atoms with van der Waals surface area (Å²) in [5.74, 6) is -1.84. The number of nitrogens with zero attached hydrogens (tertiary/aromatic N) is 1. The Bertz CT molecular complexity index is 1360. The van der Waals surface area contributed by atoms with E-state index in [1.165, 1.54) is 20.3 Å². The second kappa shape index (κ2) is 9.41. The van der Waals surface area contributed by atoms with Crippen molar-refractivity contribution in [3.8, 4) is 11.5 Å².